The van der Waals surface area contributed by atoms with Crippen molar-refractivity contribution in [3.05, 3.63) is 34.9 Å². The van der Waals surface area contributed by atoms with Crippen molar-refractivity contribution in [3.63, 3.8) is 0 Å². The summed E-state index contributed by atoms with van der Waals surface area (Å²) < 4.78 is 63.5. The van der Waals surface area contributed by atoms with Crippen LogP contribution in [0.2, 0.25) is 0 Å². The van der Waals surface area contributed by atoms with Crippen molar-refractivity contribution < 1.29 is 35.9 Å². The molecule has 1 heterocycles. The lowest BCUT2D eigenvalue weighted by Crippen LogP contribution is -2.41. The molecule has 1 aliphatic heterocycles. The monoisotopic (exact) mass is 506 g/mol. The van der Waals surface area contributed by atoms with E-state index >= 15 is 0 Å². The molecule has 0 saturated heterocycles. The fourth-order valence-electron chi connectivity index (χ4n) is 3.99. The van der Waals surface area contributed by atoms with Crippen molar-refractivity contribution in [3.8, 4) is 0 Å². The van der Waals surface area contributed by atoms with E-state index in [1.165, 1.54) is 6.07 Å². The first-order valence-electron chi connectivity index (χ1n) is 11.0. The van der Waals surface area contributed by atoms with Crippen LogP contribution >= 0.6 is 0 Å². The number of carbonyl (C=O) groups is 2. The van der Waals surface area contributed by atoms with Gasteiger partial charge in [0.05, 0.1) is 5.56 Å². The third-order valence-corrected chi connectivity index (χ3v) is 5.36. The molecule has 11 heteroatoms. The summed E-state index contributed by atoms with van der Waals surface area (Å²) >= 11 is 0. The Kier molecular flexibility index (Phi) is 8.66. The Morgan fingerprint density at radius 2 is 1.71 bits per heavy atom. The van der Waals surface area contributed by atoms with Gasteiger partial charge in [0.25, 0.3) is 0 Å². The highest BCUT2D eigenvalue weighted by Gasteiger charge is 2.36. The number of fused-ring (bicyclic) bond motifs is 1. The summed E-state index contributed by atoms with van der Waals surface area (Å²) in [7, 11) is -2.67. The number of ether oxygens (including phenoxy) is 1. The first-order chi connectivity index (χ1) is 15.4. The largest absolute Gasteiger partial charge is 0.444 e. The molecule has 34 heavy (non-hydrogen) atoms. The molecule has 1 aliphatic carbocycles. The third kappa shape index (κ3) is 9.15. The first kappa shape index (κ1) is 27.9. The maximum atomic E-state index is 13.0. The summed E-state index contributed by atoms with van der Waals surface area (Å²) in [6.07, 6.45) is -0.186. The lowest BCUT2D eigenvalue weighted by molar-refractivity contribution is -0.137. The van der Waals surface area contributed by atoms with Crippen molar-refractivity contribution in [1.29, 1.82) is 0 Å². The molecule has 3 rings (SSSR count). The molecule has 1 aromatic rings. The second kappa shape index (κ2) is 10.5. The van der Waals surface area contributed by atoms with Crippen molar-refractivity contribution in [2.75, 3.05) is 19.1 Å². The minimum absolute atomic E-state index is 0.0541. The van der Waals surface area contributed by atoms with Gasteiger partial charge in [0, 0.05) is 37.6 Å². The molecule has 2 aliphatic rings. The second-order valence-corrected chi connectivity index (χ2v) is 12.3. The van der Waals surface area contributed by atoms with E-state index in [9.17, 15) is 31.2 Å². The van der Waals surface area contributed by atoms with Crippen LogP contribution in [0, 0.1) is 5.92 Å². The molecule has 1 N–H and O–H groups in total. The van der Waals surface area contributed by atoms with Crippen molar-refractivity contribution in [1.82, 2.24) is 10.2 Å². The summed E-state index contributed by atoms with van der Waals surface area (Å²) in [6, 6.07) is 3.63. The van der Waals surface area contributed by atoms with E-state index in [0.29, 0.717) is 37.8 Å². The van der Waals surface area contributed by atoms with E-state index in [2.05, 4.69) is 5.32 Å². The average Bonchev–Trinajstić information content (AvgIpc) is 3.11. The van der Waals surface area contributed by atoms with E-state index in [-0.39, 0.29) is 24.4 Å². The van der Waals surface area contributed by atoms with Crippen molar-refractivity contribution >= 4 is 21.8 Å². The smallest absolute Gasteiger partial charge is 0.416 e. The standard InChI is InChI=1S/C21H27F3N2O3.C2H6O2S/c1-20(2,3)29-19(28)25-17-7-5-14(11-17)18(27)26-9-8-13-4-6-16(21(22,23)24)10-15(13)12-26;1-5(2,3)4/h4,6,10,14,17H,5,7-9,11-12H2,1-3H3,(H,25,28);1-2H3. The zero-order chi connectivity index (χ0) is 25.9. The summed E-state index contributed by atoms with van der Waals surface area (Å²) in [4.78, 5) is 26.5. The maximum Gasteiger partial charge on any atom is 0.416 e. The Bertz CT molecular complexity index is 995. The van der Waals surface area contributed by atoms with Crippen molar-refractivity contribution in [2.45, 2.75) is 70.8 Å². The topological polar surface area (TPSA) is 92.8 Å². The predicted molar refractivity (Wildman–Crippen MR) is 122 cm³/mol. The van der Waals surface area contributed by atoms with Crippen LogP contribution in [0.5, 0.6) is 0 Å². The first-order valence-corrected chi connectivity index (χ1v) is 13.3. The van der Waals surface area contributed by atoms with Gasteiger partial charge in [0.1, 0.15) is 15.4 Å². The number of nitrogens with zero attached hydrogens (tertiary/aromatic N) is 1. The summed E-state index contributed by atoms with van der Waals surface area (Å²) in [5, 5.41) is 2.81. The number of alkyl carbamates (subject to hydrolysis) is 1. The molecule has 1 fully saturated rings. The molecule has 0 bridgehead atoms. The Morgan fingerprint density at radius 3 is 2.26 bits per heavy atom. The molecule has 0 aromatic heterocycles. The van der Waals surface area contributed by atoms with Gasteiger partial charge in [-0.3, -0.25) is 4.79 Å². The van der Waals surface area contributed by atoms with Gasteiger partial charge in [-0.2, -0.15) is 13.2 Å². The van der Waals surface area contributed by atoms with Crippen LogP contribution in [0.4, 0.5) is 18.0 Å². The van der Waals surface area contributed by atoms with Gasteiger partial charge in [-0.1, -0.05) is 6.07 Å². The Hall–Kier alpha value is -2.30. The number of benzene rings is 1. The highest BCUT2D eigenvalue weighted by Crippen LogP contribution is 2.33. The molecule has 0 spiro atoms. The highest BCUT2D eigenvalue weighted by molar-refractivity contribution is 7.89. The molecule has 2 amide bonds. The van der Waals surface area contributed by atoms with E-state index in [1.807, 2.05) is 0 Å². The minimum Gasteiger partial charge on any atom is -0.444 e. The van der Waals surface area contributed by atoms with Crippen LogP contribution in [-0.4, -0.2) is 56.0 Å². The second-order valence-electron chi connectivity index (χ2n) is 9.99. The summed E-state index contributed by atoms with van der Waals surface area (Å²) in [5.74, 6) is -0.288. The Morgan fingerprint density at radius 1 is 1.09 bits per heavy atom. The number of sulfone groups is 1. The van der Waals surface area contributed by atoms with Gasteiger partial charge < -0.3 is 15.0 Å². The maximum absolute atomic E-state index is 13.0. The molecular formula is C23H33F3N2O5S. The molecule has 1 aromatic carbocycles. The SMILES string of the molecule is CC(C)(C)OC(=O)NC1CCC(C(=O)N2CCc3ccc(C(F)(F)F)cc3C2)C1.CS(C)(=O)=O. The van der Waals surface area contributed by atoms with Crippen LogP contribution in [0.1, 0.15) is 56.7 Å². The van der Waals surface area contributed by atoms with Crippen LogP contribution in [0.15, 0.2) is 18.2 Å². The number of amides is 2. The summed E-state index contributed by atoms with van der Waals surface area (Å²) in [5.41, 5.74) is 0.140. The minimum atomic E-state index is -4.40. The highest BCUT2D eigenvalue weighted by atomic mass is 32.2. The van der Waals surface area contributed by atoms with Gasteiger partial charge in [-0.15, -0.1) is 0 Å². The molecule has 2 atom stereocenters. The lowest BCUT2D eigenvalue weighted by atomic mass is 9.95. The van der Waals surface area contributed by atoms with Gasteiger partial charge in [0.2, 0.25) is 5.91 Å². The van der Waals surface area contributed by atoms with E-state index < -0.39 is 33.3 Å². The van der Waals surface area contributed by atoms with Crippen LogP contribution in [0.25, 0.3) is 0 Å². The number of carbonyl (C=O) groups excluding carboxylic acids is 2. The number of hydrogen-bond donors (Lipinski definition) is 1. The third-order valence-electron chi connectivity index (χ3n) is 5.36. The zero-order valence-electron chi connectivity index (χ0n) is 20.2. The van der Waals surface area contributed by atoms with Crippen LogP contribution in [-0.2, 0) is 38.5 Å². The van der Waals surface area contributed by atoms with E-state index in [1.54, 1.807) is 25.7 Å². The zero-order valence-corrected chi connectivity index (χ0v) is 21.0. The number of halogens is 3. The number of nitrogens with one attached hydrogen (secondary N) is 1. The molecule has 7 nitrogen and oxygen atoms in total. The summed E-state index contributed by atoms with van der Waals surface area (Å²) in [6.45, 7) is 6.04. The predicted octanol–water partition coefficient (Wildman–Crippen LogP) is 3.94. The van der Waals surface area contributed by atoms with Crippen LogP contribution in [0.3, 0.4) is 0 Å². The van der Waals surface area contributed by atoms with E-state index in [4.69, 9.17) is 4.74 Å². The normalized spacial score (nSPS) is 20.6. The Balaban J connectivity index is 0.000000739. The molecule has 192 valence electrons. The van der Waals surface area contributed by atoms with Gasteiger partial charge in [-0.25, -0.2) is 13.2 Å². The lowest BCUT2D eigenvalue weighted by Gasteiger charge is -2.31. The van der Waals surface area contributed by atoms with E-state index in [0.717, 1.165) is 30.2 Å². The van der Waals surface area contributed by atoms with Gasteiger partial charge in [-0.05, 0) is 69.7 Å². The van der Waals surface area contributed by atoms with Gasteiger partial charge >= 0.3 is 12.3 Å². The van der Waals surface area contributed by atoms with Gasteiger partial charge in [0.15, 0.2) is 0 Å². The number of alkyl halides is 3. The average molecular weight is 507 g/mol. The quantitative estimate of drug-likeness (QED) is 0.656. The molecule has 0 radical (unpaired) electrons. The molecule has 1 saturated carbocycles. The van der Waals surface area contributed by atoms with Crippen molar-refractivity contribution in [2.24, 2.45) is 5.92 Å². The fraction of sp³-hybridized carbons (Fsp3) is 0.652. The van der Waals surface area contributed by atoms with Crippen LogP contribution < -0.4 is 5.32 Å². The number of hydrogen-bond acceptors (Lipinski definition) is 5. The molecule has 2 unspecified atom stereocenters. The fourth-order valence-corrected chi connectivity index (χ4v) is 3.99. The number of rotatable bonds is 2. The molecular weight excluding hydrogens is 473 g/mol. The Labute approximate surface area is 198 Å².